The summed E-state index contributed by atoms with van der Waals surface area (Å²) in [6.07, 6.45) is 0. The van der Waals surface area contributed by atoms with Crippen molar-refractivity contribution in [3.05, 3.63) is 17.8 Å². The summed E-state index contributed by atoms with van der Waals surface area (Å²) < 4.78 is 9.83. The minimum Gasteiger partial charge on any atom is -0.481 e. The number of hydrogen-bond acceptors (Lipinski definition) is 7. The highest BCUT2D eigenvalue weighted by molar-refractivity contribution is 5.87. The molecule has 1 fully saturated rings. The lowest BCUT2D eigenvalue weighted by Gasteiger charge is -2.29. The van der Waals surface area contributed by atoms with Crippen LogP contribution in [0.2, 0.25) is 0 Å². The second-order valence-corrected chi connectivity index (χ2v) is 4.60. The van der Waals surface area contributed by atoms with Gasteiger partial charge in [0.2, 0.25) is 0 Å². The Morgan fingerprint density at radius 3 is 2.71 bits per heavy atom. The van der Waals surface area contributed by atoms with Crippen molar-refractivity contribution in [1.29, 1.82) is 0 Å². The zero-order valence-electron chi connectivity index (χ0n) is 11.9. The van der Waals surface area contributed by atoms with E-state index in [2.05, 4.69) is 14.9 Å². The van der Waals surface area contributed by atoms with Crippen LogP contribution >= 0.6 is 0 Å². The van der Waals surface area contributed by atoms with Gasteiger partial charge in [-0.05, 0) is 19.1 Å². The first-order chi connectivity index (χ1) is 10.1. The first kappa shape index (κ1) is 15.2. The number of anilines is 1. The SMILES string of the molecule is CCN(c1ccc(C(=O)OC)nn1)C1COCC1C(=O)O. The first-order valence-electron chi connectivity index (χ1n) is 6.57. The van der Waals surface area contributed by atoms with Crippen LogP contribution in [0.1, 0.15) is 17.4 Å². The van der Waals surface area contributed by atoms with E-state index >= 15 is 0 Å². The van der Waals surface area contributed by atoms with E-state index in [4.69, 9.17) is 4.74 Å². The zero-order valence-corrected chi connectivity index (χ0v) is 11.9. The van der Waals surface area contributed by atoms with Gasteiger partial charge in [-0.2, -0.15) is 0 Å². The molecule has 0 amide bonds. The van der Waals surface area contributed by atoms with E-state index in [-0.39, 0.29) is 18.3 Å². The van der Waals surface area contributed by atoms with E-state index in [1.54, 1.807) is 6.07 Å². The van der Waals surface area contributed by atoms with Crippen LogP contribution < -0.4 is 4.90 Å². The molecule has 1 aliphatic rings. The van der Waals surface area contributed by atoms with Gasteiger partial charge in [0, 0.05) is 6.54 Å². The monoisotopic (exact) mass is 295 g/mol. The van der Waals surface area contributed by atoms with E-state index in [9.17, 15) is 14.7 Å². The highest BCUT2D eigenvalue weighted by Crippen LogP contribution is 2.24. The number of methoxy groups -OCH3 is 1. The van der Waals surface area contributed by atoms with Crippen LogP contribution in [-0.4, -0.2) is 60.2 Å². The summed E-state index contributed by atoms with van der Waals surface area (Å²) >= 11 is 0. The Morgan fingerprint density at radius 2 is 2.19 bits per heavy atom. The number of nitrogens with zero attached hydrogens (tertiary/aromatic N) is 3. The highest BCUT2D eigenvalue weighted by atomic mass is 16.5. The van der Waals surface area contributed by atoms with Gasteiger partial charge in [0.15, 0.2) is 11.5 Å². The lowest BCUT2D eigenvalue weighted by molar-refractivity contribution is -0.141. The van der Waals surface area contributed by atoms with Crippen LogP contribution in [0.5, 0.6) is 0 Å². The molecule has 1 N–H and O–H groups in total. The molecule has 8 nitrogen and oxygen atoms in total. The predicted molar refractivity (Wildman–Crippen MR) is 72.1 cm³/mol. The molecule has 1 aromatic heterocycles. The third kappa shape index (κ3) is 3.10. The van der Waals surface area contributed by atoms with E-state index in [1.165, 1.54) is 13.2 Å². The molecule has 0 saturated carbocycles. The number of carbonyl (C=O) groups excluding carboxylic acids is 1. The maximum absolute atomic E-state index is 11.3. The van der Waals surface area contributed by atoms with Gasteiger partial charge < -0.3 is 19.5 Å². The van der Waals surface area contributed by atoms with Gasteiger partial charge in [-0.15, -0.1) is 10.2 Å². The van der Waals surface area contributed by atoms with Gasteiger partial charge in [-0.3, -0.25) is 4.79 Å². The lowest BCUT2D eigenvalue weighted by atomic mass is 10.0. The average Bonchev–Trinajstić information content (AvgIpc) is 2.97. The summed E-state index contributed by atoms with van der Waals surface area (Å²) in [7, 11) is 1.27. The van der Waals surface area contributed by atoms with Crippen LogP contribution in [0, 0.1) is 5.92 Å². The normalized spacial score (nSPS) is 21.0. The Labute approximate surface area is 121 Å². The minimum atomic E-state index is -0.893. The molecule has 21 heavy (non-hydrogen) atoms. The number of ether oxygens (including phenoxy) is 2. The average molecular weight is 295 g/mol. The number of likely N-dealkylation sites (N-methyl/N-ethyl adjacent to an activating group) is 1. The van der Waals surface area contributed by atoms with Crippen molar-refractivity contribution in [1.82, 2.24) is 10.2 Å². The van der Waals surface area contributed by atoms with Crippen molar-refractivity contribution in [3.8, 4) is 0 Å². The van der Waals surface area contributed by atoms with Gasteiger partial charge in [0.25, 0.3) is 0 Å². The third-order valence-electron chi connectivity index (χ3n) is 3.45. The van der Waals surface area contributed by atoms with Gasteiger partial charge in [-0.1, -0.05) is 0 Å². The third-order valence-corrected chi connectivity index (χ3v) is 3.45. The minimum absolute atomic E-state index is 0.106. The molecule has 0 bridgehead atoms. The molecule has 2 atom stereocenters. The Morgan fingerprint density at radius 1 is 1.43 bits per heavy atom. The molecule has 0 aromatic carbocycles. The second-order valence-electron chi connectivity index (χ2n) is 4.60. The van der Waals surface area contributed by atoms with Crippen molar-refractivity contribution in [3.63, 3.8) is 0 Å². The number of hydrogen-bond donors (Lipinski definition) is 1. The molecular weight excluding hydrogens is 278 g/mol. The molecule has 1 aliphatic heterocycles. The number of carbonyl (C=O) groups is 2. The number of carboxylic acid groups (broad SMARTS) is 1. The molecule has 0 radical (unpaired) electrons. The number of aromatic nitrogens is 2. The Kier molecular flexibility index (Phi) is 4.69. The standard InChI is InChI=1S/C13H17N3O5/c1-3-16(10-7-21-6-8(10)12(17)18)11-5-4-9(14-15-11)13(19)20-2/h4-5,8,10H,3,6-7H2,1-2H3,(H,17,18). The molecule has 8 heteroatoms. The smallest absolute Gasteiger partial charge is 0.358 e. The summed E-state index contributed by atoms with van der Waals surface area (Å²) in [4.78, 5) is 24.4. The van der Waals surface area contributed by atoms with Crippen molar-refractivity contribution < 1.29 is 24.2 Å². The van der Waals surface area contributed by atoms with E-state index < -0.39 is 17.9 Å². The quantitative estimate of drug-likeness (QED) is 0.768. The summed E-state index contributed by atoms with van der Waals surface area (Å²) in [6, 6.07) is 2.83. The Balaban J connectivity index is 2.21. The largest absolute Gasteiger partial charge is 0.481 e. The topological polar surface area (TPSA) is 102 Å². The highest BCUT2D eigenvalue weighted by Gasteiger charge is 2.38. The molecule has 114 valence electrons. The second kappa shape index (κ2) is 6.49. The van der Waals surface area contributed by atoms with Crippen LogP contribution in [0.3, 0.4) is 0 Å². The van der Waals surface area contributed by atoms with E-state index in [1.807, 2.05) is 11.8 Å². The maximum atomic E-state index is 11.3. The Bertz CT molecular complexity index is 519. The van der Waals surface area contributed by atoms with Crippen LogP contribution in [-0.2, 0) is 14.3 Å². The number of carboxylic acids is 1. The zero-order chi connectivity index (χ0) is 15.4. The number of rotatable bonds is 5. The summed E-state index contributed by atoms with van der Waals surface area (Å²) in [5.74, 6) is -1.56. The lowest BCUT2D eigenvalue weighted by Crippen LogP contribution is -2.43. The fourth-order valence-corrected chi connectivity index (χ4v) is 2.34. The van der Waals surface area contributed by atoms with Crippen molar-refractivity contribution in [2.24, 2.45) is 5.92 Å². The molecular formula is C13H17N3O5. The maximum Gasteiger partial charge on any atom is 0.358 e. The van der Waals surface area contributed by atoms with Gasteiger partial charge in [0.05, 0.1) is 26.4 Å². The van der Waals surface area contributed by atoms with E-state index in [0.717, 1.165) is 0 Å². The van der Waals surface area contributed by atoms with Gasteiger partial charge in [-0.25, -0.2) is 4.79 Å². The molecule has 2 rings (SSSR count). The van der Waals surface area contributed by atoms with Crippen molar-refractivity contribution in [2.45, 2.75) is 13.0 Å². The molecule has 1 aromatic rings. The van der Waals surface area contributed by atoms with Crippen LogP contribution in [0.25, 0.3) is 0 Å². The summed E-state index contributed by atoms with van der Waals surface area (Å²) in [5.41, 5.74) is 0.106. The number of aliphatic carboxylic acids is 1. The van der Waals surface area contributed by atoms with Crippen molar-refractivity contribution >= 4 is 17.8 Å². The van der Waals surface area contributed by atoms with E-state index in [0.29, 0.717) is 19.0 Å². The van der Waals surface area contributed by atoms with Crippen molar-refractivity contribution in [2.75, 3.05) is 31.8 Å². The molecule has 0 aliphatic carbocycles. The van der Waals surface area contributed by atoms with Crippen LogP contribution in [0.15, 0.2) is 12.1 Å². The van der Waals surface area contributed by atoms with Gasteiger partial charge in [0.1, 0.15) is 5.92 Å². The summed E-state index contributed by atoms with van der Waals surface area (Å²) in [5, 5.41) is 17.0. The van der Waals surface area contributed by atoms with Crippen LogP contribution in [0.4, 0.5) is 5.82 Å². The fourth-order valence-electron chi connectivity index (χ4n) is 2.34. The fraction of sp³-hybridized carbons (Fsp3) is 0.538. The molecule has 2 heterocycles. The first-order valence-corrected chi connectivity index (χ1v) is 6.57. The molecule has 1 saturated heterocycles. The predicted octanol–water partition coefficient (Wildman–Crippen LogP) is 0.189. The molecule has 0 spiro atoms. The molecule has 2 unspecified atom stereocenters. The summed E-state index contributed by atoms with van der Waals surface area (Å²) in [6.45, 7) is 2.96. The Hall–Kier alpha value is -2.22. The number of esters is 1. The van der Waals surface area contributed by atoms with Gasteiger partial charge >= 0.3 is 11.9 Å².